The summed E-state index contributed by atoms with van der Waals surface area (Å²) in [7, 11) is 1.63. The van der Waals surface area contributed by atoms with Crippen molar-refractivity contribution in [3.8, 4) is 5.75 Å². The molecule has 0 unspecified atom stereocenters. The number of thioether (sulfide) groups is 1. The Balaban J connectivity index is 2.19. The summed E-state index contributed by atoms with van der Waals surface area (Å²) in [5.41, 5.74) is 2.59. The molecule has 0 spiro atoms. The molecule has 0 bridgehead atoms. The highest BCUT2D eigenvalue weighted by atomic mass is 32.2. The zero-order valence-electron chi connectivity index (χ0n) is 11.7. The average Bonchev–Trinajstić information content (AvgIpc) is 2.44. The molecule has 0 saturated heterocycles. The quantitative estimate of drug-likeness (QED) is 0.480. The molecule has 1 aromatic heterocycles. The van der Waals surface area contributed by atoms with Gasteiger partial charge >= 0.3 is 0 Å². The van der Waals surface area contributed by atoms with Crippen LogP contribution in [0.15, 0.2) is 35.6 Å². The van der Waals surface area contributed by atoms with E-state index < -0.39 is 0 Å². The zero-order valence-corrected chi connectivity index (χ0v) is 12.5. The number of hydrogen-bond acceptors (Lipinski definition) is 5. The van der Waals surface area contributed by atoms with E-state index in [4.69, 9.17) is 4.74 Å². The van der Waals surface area contributed by atoms with Gasteiger partial charge in [0.2, 0.25) is 0 Å². The fourth-order valence-electron chi connectivity index (χ4n) is 1.75. The number of carbonyl (C=O) groups is 1. The number of methoxy groups -OCH3 is 1. The molecule has 1 aromatic carbocycles. The van der Waals surface area contributed by atoms with Gasteiger partial charge in [-0.05, 0) is 38.1 Å². The largest absolute Gasteiger partial charge is 0.496 e. The fraction of sp³-hybridized carbons (Fsp3) is 0.267. The lowest BCUT2D eigenvalue weighted by atomic mass is 10.1. The molecule has 0 N–H and O–H groups in total. The van der Waals surface area contributed by atoms with Crippen molar-refractivity contribution in [2.45, 2.75) is 24.8 Å². The van der Waals surface area contributed by atoms with Crippen molar-refractivity contribution in [2.75, 3.05) is 7.11 Å². The van der Waals surface area contributed by atoms with Gasteiger partial charge in [0.1, 0.15) is 5.75 Å². The first-order valence-corrected chi connectivity index (χ1v) is 7.19. The van der Waals surface area contributed by atoms with Crippen LogP contribution in [0.4, 0.5) is 0 Å². The highest BCUT2D eigenvalue weighted by Gasteiger charge is 2.08. The van der Waals surface area contributed by atoms with E-state index in [0.29, 0.717) is 11.3 Å². The summed E-state index contributed by atoms with van der Waals surface area (Å²) < 4.78 is 5.33. The molecule has 20 heavy (non-hydrogen) atoms. The van der Waals surface area contributed by atoms with Crippen LogP contribution in [0.5, 0.6) is 5.75 Å². The standard InChI is InChI=1S/C15H16N2O2S/c1-10-6-7-16-15(17-10)20-9-13-8-12(11(2)18)4-5-14(13)19-3/h4-8H,9H2,1-3H3. The van der Waals surface area contributed by atoms with Gasteiger partial charge in [-0.3, -0.25) is 4.79 Å². The highest BCUT2D eigenvalue weighted by Crippen LogP contribution is 2.27. The predicted octanol–water partition coefficient (Wildman–Crippen LogP) is 3.29. The van der Waals surface area contributed by atoms with E-state index in [0.717, 1.165) is 22.2 Å². The number of ketones is 1. The number of aryl methyl sites for hydroxylation is 1. The summed E-state index contributed by atoms with van der Waals surface area (Å²) in [5.74, 6) is 1.48. The minimum absolute atomic E-state index is 0.0470. The van der Waals surface area contributed by atoms with Crippen LogP contribution < -0.4 is 4.74 Å². The Morgan fingerprint density at radius 1 is 1.35 bits per heavy atom. The summed E-state index contributed by atoms with van der Waals surface area (Å²) in [5, 5.41) is 0.722. The van der Waals surface area contributed by atoms with Gasteiger partial charge in [0.25, 0.3) is 0 Å². The average molecular weight is 288 g/mol. The van der Waals surface area contributed by atoms with E-state index in [9.17, 15) is 4.79 Å². The Morgan fingerprint density at radius 2 is 2.15 bits per heavy atom. The Bertz CT molecular complexity index is 629. The number of benzene rings is 1. The second-order valence-electron chi connectivity index (χ2n) is 4.35. The van der Waals surface area contributed by atoms with Crippen LogP contribution in [0.1, 0.15) is 28.5 Å². The molecule has 0 atom stereocenters. The Kier molecular flexibility index (Phi) is 4.74. The summed E-state index contributed by atoms with van der Waals surface area (Å²) >= 11 is 1.52. The van der Waals surface area contributed by atoms with Gasteiger partial charge in [0.15, 0.2) is 10.9 Å². The van der Waals surface area contributed by atoms with Gasteiger partial charge in [-0.1, -0.05) is 11.8 Å². The van der Waals surface area contributed by atoms with Gasteiger partial charge in [-0.15, -0.1) is 0 Å². The number of rotatable bonds is 5. The highest BCUT2D eigenvalue weighted by molar-refractivity contribution is 7.98. The van der Waals surface area contributed by atoms with Crippen LogP contribution in [0.2, 0.25) is 0 Å². The Hall–Kier alpha value is -1.88. The van der Waals surface area contributed by atoms with Crippen molar-refractivity contribution in [1.29, 1.82) is 0 Å². The van der Waals surface area contributed by atoms with E-state index >= 15 is 0 Å². The van der Waals surface area contributed by atoms with Crippen molar-refractivity contribution in [3.05, 3.63) is 47.3 Å². The molecule has 4 nitrogen and oxygen atoms in total. The van der Waals surface area contributed by atoms with Crippen LogP contribution in [0.25, 0.3) is 0 Å². The minimum Gasteiger partial charge on any atom is -0.496 e. The van der Waals surface area contributed by atoms with Gasteiger partial charge in [0.05, 0.1) is 7.11 Å². The van der Waals surface area contributed by atoms with Crippen molar-refractivity contribution >= 4 is 17.5 Å². The van der Waals surface area contributed by atoms with Crippen LogP contribution in [-0.2, 0) is 5.75 Å². The van der Waals surface area contributed by atoms with Crippen molar-refractivity contribution in [2.24, 2.45) is 0 Å². The van der Waals surface area contributed by atoms with E-state index in [2.05, 4.69) is 9.97 Å². The van der Waals surface area contributed by atoms with Crippen LogP contribution in [0.3, 0.4) is 0 Å². The van der Waals surface area contributed by atoms with Gasteiger partial charge < -0.3 is 4.74 Å². The van der Waals surface area contributed by atoms with E-state index in [1.165, 1.54) is 11.8 Å². The molecule has 2 aromatic rings. The number of ether oxygens (including phenoxy) is 1. The van der Waals surface area contributed by atoms with E-state index in [1.54, 1.807) is 26.3 Å². The lowest BCUT2D eigenvalue weighted by Crippen LogP contribution is -1.97. The fourth-order valence-corrected chi connectivity index (χ4v) is 2.60. The smallest absolute Gasteiger partial charge is 0.188 e. The maximum atomic E-state index is 11.4. The van der Waals surface area contributed by atoms with Crippen molar-refractivity contribution in [1.82, 2.24) is 9.97 Å². The summed E-state index contributed by atoms with van der Waals surface area (Å²) in [6.07, 6.45) is 1.74. The first-order chi connectivity index (χ1) is 9.60. The number of aromatic nitrogens is 2. The summed E-state index contributed by atoms with van der Waals surface area (Å²) in [4.78, 5) is 20.0. The van der Waals surface area contributed by atoms with Crippen LogP contribution >= 0.6 is 11.8 Å². The summed E-state index contributed by atoms with van der Waals surface area (Å²) in [6.45, 7) is 3.49. The van der Waals surface area contributed by atoms with E-state index in [-0.39, 0.29) is 5.78 Å². The Morgan fingerprint density at radius 3 is 2.80 bits per heavy atom. The number of carbonyl (C=O) groups excluding carboxylic acids is 1. The maximum Gasteiger partial charge on any atom is 0.188 e. The normalized spacial score (nSPS) is 10.3. The molecule has 0 radical (unpaired) electrons. The molecular formula is C15H16N2O2S. The van der Waals surface area contributed by atoms with Crippen molar-refractivity contribution < 1.29 is 9.53 Å². The van der Waals surface area contributed by atoms with E-state index in [1.807, 2.05) is 25.1 Å². The first-order valence-electron chi connectivity index (χ1n) is 6.20. The van der Waals surface area contributed by atoms with Gasteiger partial charge in [-0.25, -0.2) is 9.97 Å². The zero-order chi connectivity index (χ0) is 14.5. The molecular weight excluding hydrogens is 272 g/mol. The minimum atomic E-state index is 0.0470. The maximum absolute atomic E-state index is 11.4. The molecule has 104 valence electrons. The number of nitrogens with zero attached hydrogens (tertiary/aromatic N) is 2. The molecule has 0 saturated carbocycles. The molecule has 2 rings (SSSR count). The molecule has 1 heterocycles. The first kappa shape index (κ1) is 14.5. The second kappa shape index (κ2) is 6.52. The lowest BCUT2D eigenvalue weighted by Gasteiger charge is -2.09. The topological polar surface area (TPSA) is 52.1 Å². The lowest BCUT2D eigenvalue weighted by molar-refractivity contribution is 0.101. The molecule has 0 amide bonds. The summed E-state index contributed by atoms with van der Waals surface area (Å²) in [6, 6.07) is 7.33. The predicted molar refractivity (Wildman–Crippen MR) is 79.3 cm³/mol. The molecule has 5 heteroatoms. The number of hydrogen-bond donors (Lipinski definition) is 0. The third-order valence-corrected chi connectivity index (χ3v) is 3.73. The molecule has 0 aliphatic heterocycles. The third kappa shape index (κ3) is 3.57. The van der Waals surface area contributed by atoms with Gasteiger partial charge in [0, 0.05) is 28.8 Å². The molecule has 0 aliphatic carbocycles. The van der Waals surface area contributed by atoms with Gasteiger partial charge in [-0.2, -0.15) is 0 Å². The molecule has 0 aliphatic rings. The third-order valence-electron chi connectivity index (χ3n) is 2.82. The Labute approximate surface area is 122 Å². The monoisotopic (exact) mass is 288 g/mol. The SMILES string of the molecule is COc1ccc(C(C)=O)cc1CSc1nccc(C)n1. The molecule has 0 fully saturated rings. The second-order valence-corrected chi connectivity index (χ2v) is 5.29. The van der Waals surface area contributed by atoms with Crippen LogP contribution in [0, 0.1) is 6.92 Å². The number of Topliss-reactive ketones (excluding diaryl/α,β-unsaturated/α-hetero) is 1. The van der Waals surface area contributed by atoms with Crippen molar-refractivity contribution in [3.63, 3.8) is 0 Å². The van der Waals surface area contributed by atoms with Crippen LogP contribution in [-0.4, -0.2) is 22.9 Å².